The molecule has 2 aromatic heterocycles. The summed E-state index contributed by atoms with van der Waals surface area (Å²) < 4.78 is 2.98. The largest absolute Gasteiger partial charge is 0.293 e. The number of aryl methyl sites for hydroxylation is 1. The minimum absolute atomic E-state index is 0.0747. The van der Waals surface area contributed by atoms with E-state index in [-0.39, 0.29) is 5.78 Å². The van der Waals surface area contributed by atoms with Gasteiger partial charge in [-0.15, -0.1) is 10.2 Å². The summed E-state index contributed by atoms with van der Waals surface area (Å²) in [5, 5.41) is 10.4. The van der Waals surface area contributed by atoms with Crippen LogP contribution in [0.15, 0.2) is 64.2 Å². The third-order valence-electron chi connectivity index (χ3n) is 4.07. The lowest BCUT2D eigenvalue weighted by atomic mass is 10.1. The zero-order valence-electron chi connectivity index (χ0n) is 13.4. The smallest absolute Gasteiger partial charge is 0.196 e. The number of benzene rings is 2. The number of carbonyl (C=O) groups is 1. The summed E-state index contributed by atoms with van der Waals surface area (Å²) >= 11 is 4.80. The highest BCUT2D eigenvalue weighted by molar-refractivity contribution is 9.10. The molecule has 0 aliphatic heterocycles. The van der Waals surface area contributed by atoms with E-state index in [0.29, 0.717) is 11.3 Å². The molecule has 6 heteroatoms. The lowest BCUT2D eigenvalue weighted by Gasteiger charge is -2.07. The van der Waals surface area contributed by atoms with Crippen molar-refractivity contribution in [1.82, 2.24) is 14.6 Å². The lowest BCUT2D eigenvalue weighted by Crippen LogP contribution is -2.03. The van der Waals surface area contributed by atoms with Gasteiger partial charge in [0, 0.05) is 15.4 Å². The second-order valence-electron chi connectivity index (χ2n) is 5.74. The van der Waals surface area contributed by atoms with E-state index in [2.05, 4.69) is 45.2 Å². The zero-order chi connectivity index (χ0) is 17.4. The first-order chi connectivity index (χ1) is 12.1. The van der Waals surface area contributed by atoms with Crippen molar-refractivity contribution in [3.05, 3.63) is 70.2 Å². The number of thioether (sulfide) groups is 1. The Labute approximate surface area is 157 Å². The summed E-state index contributed by atoms with van der Waals surface area (Å²) in [6.45, 7) is 2.07. The van der Waals surface area contributed by atoms with Gasteiger partial charge in [0.1, 0.15) is 0 Å². The van der Waals surface area contributed by atoms with Crippen molar-refractivity contribution in [2.45, 2.75) is 12.1 Å². The predicted molar refractivity (Wildman–Crippen MR) is 104 cm³/mol. The fourth-order valence-corrected chi connectivity index (χ4v) is 3.93. The van der Waals surface area contributed by atoms with Crippen LogP contribution in [0.5, 0.6) is 0 Å². The van der Waals surface area contributed by atoms with E-state index >= 15 is 0 Å². The molecule has 0 fully saturated rings. The number of nitrogens with zero attached hydrogens (tertiary/aromatic N) is 3. The van der Waals surface area contributed by atoms with Gasteiger partial charge in [-0.1, -0.05) is 58.0 Å². The van der Waals surface area contributed by atoms with Crippen molar-refractivity contribution in [3.8, 4) is 0 Å². The molecule has 0 saturated carbocycles. The molecule has 4 aromatic rings. The molecule has 0 saturated heterocycles. The Bertz CT molecular complexity index is 1090. The molecule has 0 aliphatic rings. The van der Waals surface area contributed by atoms with Gasteiger partial charge in [-0.25, -0.2) is 0 Å². The molecule has 0 aliphatic carbocycles. The zero-order valence-corrected chi connectivity index (χ0v) is 15.8. The number of rotatable bonds is 4. The summed E-state index contributed by atoms with van der Waals surface area (Å²) in [5.41, 5.74) is 3.72. The number of carbonyl (C=O) groups excluding carboxylic acids is 1. The summed E-state index contributed by atoms with van der Waals surface area (Å²) in [7, 11) is 0. The average Bonchev–Trinajstić information content (AvgIpc) is 3.03. The van der Waals surface area contributed by atoms with Gasteiger partial charge in [-0.05, 0) is 36.8 Å². The Kier molecular flexibility index (Phi) is 4.31. The molecule has 2 heterocycles. The van der Waals surface area contributed by atoms with Crippen LogP contribution in [-0.4, -0.2) is 26.1 Å². The normalized spacial score (nSPS) is 11.3. The molecule has 0 amide bonds. The molecule has 4 rings (SSSR count). The predicted octanol–water partition coefficient (Wildman–Crippen LogP) is 4.93. The van der Waals surface area contributed by atoms with Crippen molar-refractivity contribution in [1.29, 1.82) is 0 Å². The maximum Gasteiger partial charge on any atom is 0.196 e. The molecule has 25 heavy (non-hydrogen) atoms. The van der Waals surface area contributed by atoms with Gasteiger partial charge in [0.05, 0.1) is 11.3 Å². The van der Waals surface area contributed by atoms with E-state index in [9.17, 15) is 4.79 Å². The molecule has 0 atom stereocenters. The fraction of sp³-hybridized carbons (Fsp3) is 0.105. The van der Waals surface area contributed by atoms with E-state index in [1.807, 2.05) is 46.9 Å². The number of Topliss-reactive ketones (excluding diaryl/α,β-unsaturated/α-hetero) is 1. The number of hydrogen-bond acceptors (Lipinski definition) is 4. The Balaban J connectivity index is 1.67. The maximum atomic E-state index is 12.4. The highest BCUT2D eigenvalue weighted by Crippen LogP contribution is 2.26. The van der Waals surface area contributed by atoms with Crippen molar-refractivity contribution in [2.75, 3.05) is 5.75 Å². The summed E-state index contributed by atoms with van der Waals surface area (Å²) in [4.78, 5) is 12.4. The number of ketones is 1. The summed E-state index contributed by atoms with van der Waals surface area (Å²) in [6.07, 6.45) is 0. The number of hydrogen-bond donors (Lipinski definition) is 0. The molecule has 0 radical (unpaired) electrons. The Hall–Kier alpha value is -2.18. The molecule has 4 nitrogen and oxygen atoms in total. The second-order valence-corrected chi connectivity index (χ2v) is 7.60. The lowest BCUT2D eigenvalue weighted by molar-refractivity contribution is 0.102. The van der Waals surface area contributed by atoms with E-state index in [0.717, 1.165) is 31.7 Å². The van der Waals surface area contributed by atoms with Crippen molar-refractivity contribution >= 4 is 50.0 Å². The van der Waals surface area contributed by atoms with Gasteiger partial charge in [0.2, 0.25) is 0 Å². The van der Waals surface area contributed by atoms with Crippen molar-refractivity contribution in [2.24, 2.45) is 0 Å². The highest BCUT2D eigenvalue weighted by atomic mass is 79.9. The minimum atomic E-state index is 0.0747. The van der Waals surface area contributed by atoms with E-state index < -0.39 is 0 Å². The number of halogens is 1. The first-order valence-electron chi connectivity index (χ1n) is 7.78. The molecule has 0 unspecified atom stereocenters. The fourth-order valence-electron chi connectivity index (χ4n) is 2.82. The van der Waals surface area contributed by atoms with Crippen LogP contribution in [0, 0.1) is 6.92 Å². The van der Waals surface area contributed by atoms with Gasteiger partial charge in [-0.3, -0.25) is 9.20 Å². The third-order valence-corrected chi connectivity index (χ3v) is 5.53. The summed E-state index contributed by atoms with van der Waals surface area (Å²) in [6, 6.07) is 17.6. The topological polar surface area (TPSA) is 47.3 Å². The standard InChI is InChI=1S/C19H14BrN3OS/c1-12-10-18-21-22-19(23(18)16-5-3-2-4-15(12)16)25-11-17(24)13-6-8-14(20)9-7-13/h2-10H,11H2,1H3. The Morgan fingerprint density at radius 2 is 1.88 bits per heavy atom. The monoisotopic (exact) mass is 411 g/mol. The van der Waals surface area contributed by atoms with E-state index in [1.165, 1.54) is 11.8 Å². The highest BCUT2D eigenvalue weighted by Gasteiger charge is 2.13. The summed E-state index contributed by atoms with van der Waals surface area (Å²) in [5.74, 6) is 0.399. The molecule has 2 aromatic carbocycles. The van der Waals surface area contributed by atoms with Crippen molar-refractivity contribution < 1.29 is 4.79 Å². The van der Waals surface area contributed by atoms with Gasteiger partial charge < -0.3 is 0 Å². The average molecular weight is 412 g/mol. The first kappa shape index (κ1) is 16.3. The molecular formula is C19H14BrN3OS. The van der Waals surface area contributed by atoms with Crippen LogP contribution in [0.2, 0.25) is 0 Å². The maximum absolute atomic E-state index is 12.4. The van der Waals surface area contributed by atoms with Crippen LogP contribution in [0.25, 0.3) is 16.6 Å². The molecule has 0 spiro atoms. The minimum Gasteiger partial charge on any atom is -0.293 e. The van der Waals surface area contributed by atoms with Gasteiger partial charge in [0.15, 0.2) is 16.6 Å². The first-order valence-corrected chi connectivity index (χ1v) is 9.56. The van der Waals surface area contributed by atoms with Crippen LogP contribution in [-0.2, 0) is 0 Å². The molecular weight excluding hydrogens is 398 g/mol. The van der Waals surface area contributed by atoms with E-state index in [4.69, 9.17) is 0 Å². The van der Waals surface area contributed by atoms with Gasteiger partial charge >= 0.3 is 0 Å². The second kappa shape index (κ2) is 6.61. The Morgan fingerprint density at radius 1 is 1.12 bits per heavy atom. The Morgan fingerprint density at radius 3 is 2.68 bits per heavy atom. The van der Waals surface area contributed by atoms with Crippen LogP contribution in [0.4, 0.5) is 0 Å². The quantitative estimate of drug-likeness (QED) is 0.352. The number of pyridine rings is 1. The SMILES string of the molecule is Cc1cc2nnc(SCC(=O)c3ccc(Br)cc3)n2c2ccccc12. The van der Waals surface area contributed by atoms with Gasteiger partial charge in [0.25, 0.3) is 0 Å². The number of fused-ring (bicyclic) bond motifs is 3. The molecule has 0 bridgehead atoms. The number of para-hydroxylation sites is 1. The van der Waals surface area contributed by atoms with Crippen LogP contribution in [0.1, 0.15) is 15.9 Å². The molecule has 0 N–H and O–H groups in total. The van der Waals surface area contributed by atoms with Crippen molar-refractivity contribution in [3.63, 3.8) is 0 Å². The van der Waals surface area contributed by atoms with Gasteiger partial charge in [-0.2, -0.15) is 0 Å². The third kappa shape index (κ3) is 3.07. The van der Waals surface area contributed by atoms with Crippen LogP contribution < -0.4 is 0 Å². The van der Waals surface area contributed by atoms with Crippen LogP contribution in [0.3, 0.4) is 0 Å². The van der Waals surface area contributed by atoms with Crippen LogP contribution >= 0.6 is 27.7 Å². The molecule has 124 valence electrons. The van der Waals surface area contributed by atoms with E-state index in [1.54, 1.807) is 0 Å². The number of aromatic nitrogens is 3.